The number of carbonyl (C=O) groups excluding carboxylic acids is 2. The van der Waals surface area contributed by atoms with Gasteiger partial charge in [0.1, 0.15) is 11.6 Å². The summed E-state index contributed by atoms with van der Waals surface area (Å²) in [4.78, 5) is 27.6. The van der Waals surface area contributed by atoms with Gasteiger partial charge in [0.2, 0.25) is 5.91 Å². The molecule has 0 saturated heterocycles. The van der Waals surface area contributed by atoms with Gasteiger partial charge in [0.15, 0.2) is 0 Å². The number of amides is 2. The van der Waals surface area contributed by atoms with Gasteiger partial charge in [-0.05, 0) is 48.6 Å². The first kappa shape index (κ1) is 20.3. The van der Waals surface area contributed by atoms with E-state index in [1.165, 1.54) is 0 Å². The molecule has 1 N–H and O–H groups in total. The summed E-state index contributed by atoms with van der Waals surface area (Å²) in [6.45, 7) is 0.407. The number of halogens is 2. The fraction of sp³-hybridized carbons (Fsp3) is 0.333. The van der Waals surface area contributed by atoms with Crippen LogP contribution in [0.25, 0.3) is 0 Å². The van der Waals surface area contributed by atoms with Crippen LogP contribution >= 0.6 is 0 Å². The highest BCUT2D eigenvalue weighted by atomic mass is 19.1. The van der Waals surface area contributed by atoms with Crippen molar-refractivity contribution < 1.29 is 18.4 Å². The zero-order chi connectivity index (χ0) is 21.1. The molecule has 30 heavy (non-hydrogen) atoms. The lowest BCUT2D eigenvalue weighted by molar-refractivity contribution is -0.129. The molecular formula is C24H24F2N2O2. The molecule has 0 radical (unpaired) electrons. The SMILES string of the molecule is O=C(CC1=C2CCCCC2N(Cc2ccccc2)C1=O)NCc1cc(F)ccc1F. The summed E-state index contributed by atoms with van der Waals surface area (Å²) < 4.78 is 27.1. The molecule has 6 heteroatoms. The molecule has 1 saturated carbocycles. The van der Waals surface area contributed by atoms with Crippen LogP contribution in [0.2, 0.25) is 0 Å². The normalized spacial score (nSPS) is 18.5. The average molecular weight is 410 g/mol. The molecular weight excluding hydrogens is 386 g/mol. The molecule has 0 bridgehead atoms. The topological polar surface area (TPSA) is 49.4 Å². The van der Waals surface area contributed by atoms with E-state index in [4.69, 9.17) is 0 Å². The zero-order valence-electron chi connectivity index (χ0n) is 16.7. The van der Waals surface area contributed by atoms with Crippen molar-refractivity contribution in [3.8, 4) is 0 Å². The number of benzene rings is 2. The maximum atomic E-state index is 13.8. The molecule has 4 nitrogen and oxygen atoms in total. The number of hydrogen-bond acceptors (Lipinski definition) is 2. The van der Waals surface area contributed by atoms with E-state index in [0.29, 0.717) is 12.1 Å². The van der Waals surface area contributed by atoms with E-state index < -0.39 is 11.6 Å². The van der Waals surface area contributed by atoms with Crippen LogP contribution in [0.1, 0.15) is 43.2 Å². The Bertz CT molecular complexity index is 988. The van der Waals surface area contributed by atoms with Gasteiger partial charge in [-0.2, -0.15) is 0 Å². The summed E-state index contributed by atoms with van der Waals surface area (Å²) in [7, 11) is 0. The Morgan fingerprint density at radius 2 is 1.90 bits per heavy atom. The smallest absolute Gasteiger partial charge is 0.251 e. The van der Waals surface area contributed by atoms with Gasteiger partial charge < -0.3 is 10.2 Å². The predicted octanol–water partition coefficient (Wildman–Crippen LogP) is 4.25. The third-order valence-electron chi connectivity index (χ3n) is 5.88. The van der Waals surface area contributed by atoms with Crippen LogP contribution in [0.5, 0.6) is 0 Å². The van der Waals surface area contributed by atoms with Gasteiger partial charge in [0.05, 0.1) is 12.5 Å². The van der Waals surface area contributed by atoms with Gasteiger partial charge >= 0.3 is 0 Å². The predicted molar refractivity (Wildman–Crippen MR) is 109 cm³/mol. The van der Waals surface area contributed by atoms with E-state index in [1.54, 1.807) is 0 Å². The molecule has 156 valence electrons. The highest BCUT2D eigenvalue weighted by Crippen LogP contribution is 2.38. The van der Waals surface area contributed by atoms with Crippen LogP contribution in [0.15, 0.2) is 59.7 Å². The molecule has 1 aliphatic heterocycles. The second kappa shape index (κ2) is 8.78. The van der Waals surface area contributed by atoms with Crippen molar-refractivity contribution >= 4 is 11.8 Å². The Hall–Kier alpha value is -3.02. The highest BCUT2D eigenvalue weighted by Gasteiger charge is 2.40. The first-order chi connectivity index (χ1) is 14.5. The molecule has 1 unspecified atom stereocenters. The van der Waals surface area contributed by atoms with Gasteiger partial charge in [-0.15, -0.1) is 0 Å². The van der Waals surface area contributed by atoms with Gasteiger partial charge in [0.25, 0.3) is 5.91 Å². The zero-order valence-corrected chi connectivity index (χ0v) is 16.7. The average Bonchev–Trinajstić information content (AvgIpc) is 3.01. The van der Waals surface area contributed by atoms with E-state index in [2.05, 4.69) is 5.32 Å². The Kier molecular flexibility index (Phi) is 5.93. The monoisotopic (exact) mass is 410 g/mol. The molecule has 2 amide bonds. The van der Waals surface area contributed by atoms with Crippen molar-refractivity contribution in [1.82, 2.24) is 10.2 Å². The number of hydrogen-bond donors (Lipinski definition) is 1. The van der Waals surface area contributed by atoms with E-state index in [-0.39, 0.29) is 36.4 Å². The Labute approximate surface area is 174 Å². The minimum absolute atomic E-state index is 0.0348. The van der Waals surface area contributed by atoms with Crippen molar-refractivity contribution in [3.63, 3.8) is 0 Å². The summed E-state index contributed by atoms with van der Waals surface area (Å²) in [5.74, 6) is -1.58. The molecule has 2 aromatic rings. The lowest BCUT2D eigenvalue weighted by atomic mass is 9.88. The summed E-state index contributed by atoms with van der Waals surface area (Å²) in [6.07, 6.45) is 3.77. The quantitative estimate of drug-likeness (QED) is 0.774. The summed E-state index contributed by atoms with van der Waals surface area (Å²) in [5.41, 5.74) is 2.77. The van der Waals surface area contributed by atoms with E-state index in [0.717, 1.165) is 55.0 Å². The number of fused-ring (bicyclic) bond motifs is 1. The molecule has 4 rings (SSSR count). The lowest BCUT2D eigenvalue weighted by Crippen LogP contribution is -2.36. The highest BCUT2D eigenvalue weighted by molar-refractivity contribution is 6.02. The van der Waals surface area contributed by atoms with Crippen LogP contribution in [0, 0.1) is 11.6 Å². The minimum atomic E-state index is -0.572. The van der Waals surface area contributed by atoms with Crippen molar-refractivity contribution in [1.29, 1.82) is 0 Å². The fourth-order valence-corrected chi connectivity index (χ4v) is 4.39. The minimum Gasteiger partial charge on any atom is -0.352 e. The van der Waals surface area contributed by atoms with Gasteiger partial charge in [-0.1, -0.05) is 36.8 Å². The molecule has 1 atom stereocenters. The number of nitrogens with zero attached hydrogens (tertiary/aromatic N) is 1. The van der Waals surface area contributed by atoms with Gasteiger partial charge in [0, 0.05) is 24.2 Å². The number of carbonyl (C=O) groups is 2. The molecule has 0 spiro atoms. The van der Waals surface area contributed by atoms with Crippen LogP contribution in [0.3, 0.4) is 0 Å². The van der Waals surface area contributed by atoms with E-state index in [1.807, 2.05) is 35.2 Å². The maximum Gasteiger partial charge on any atom is 0.251 e. The number of nitrogens with one attached hydrogen (secondary N) is 1. The summed E-state index contributed by atoms with van der Waals surface area (Å²) in [6, 6.07) is 13.0. The van der Waals surface area contributed by atoms with Crippen molar-refractivity contribution in [3.05, 3.63) is 82.4 Å². The van der Waals surface area contributed by atoms with Crippen molar-refractivity contribution in [2.24, 2.45) is 0 Å². The Morgan fingerprint density at radius 3 is 2.70 bits per heavy atom. The van der Waals surface area contributed by atoms with E-state index in [9.17, 15) is 18.4 Å². The molecule has 1 fully saturated rings. The van der Waals surface area contributed by atoms with Gasteiger partial charge in [-0.25, -0.2) is 8.78 Å². The number of rotatable bonds is 6. The van der Waals surface area contributed by atoms with Crippen LogP contribution in [-0.2, 0) is 22.7 Å². The van der Waals surface area contributed by atoms with Crippen molar-refractivity contribution in [2.75, 3.05) is 0 Å². The lowest BCUT2D eigenvalue weighted by Gasteiger charge is -2.30. The van der Waals surface area contributed by atoms with Crippen LogP contribution in [0.4, 0.5) is 8.78 Å². The third kappa shape index (κ3) is 4.27. The second-order valence-electron chi connectivity index (χ2n) is 7.87. The summed E-state index contributed by atoms with van der Waals surface area (Å²) >= 11 is 0. The first-order valence-corrected chi connectivity index (χ1v) is 10.3. The van der Waals surface area contributed by atoms with E-state index >= 15 is 0 Å². The van der Waals surface area contributed by atoms with Crippen LogP contribution < -0.4 is 5.32 Å². The molecule has 1 aliphatic carbocycles. The standard InChI is InChI=1S/C24H24F2N2O2/c25-18-10-11-21(26)17(12-18)14-27-23(29)13-20-19-8-4-5-9-22(19)28(24(20)30)15-16-6-2-1-3-7-16/h1-3,6-7,10-12,22H,4-5,8-9,13-15H2,(H,27,29). The molecule has 2 aromatic carbocycles. The van der Waals surface area contributed by atoms with Crippen molar-refractivity contribution in [2.45, 2.75) is 51.2 Å². The second-order valence-corrected chi connectivity index (χ2v) is 7.87. The Morgan fingerprint density at radius 1 is 1.10 bits per heavy atom. The molecule has 1 heterocycles. The van der Waals surface area contributed by atoms with Gasteiger partial charge in [-0.3, -0.25) is 9.59 Å². The first-order valence-electron chi connectivity index (χ1n) is 10.3. The molecule has 2 aliphatic rings. The summed E-state index contributed by atoms with van der Waals surface area (Å²) in [5, 5.41) is 2.62. The Balaban J connectivity index is 1.46. The maximum absolute atomic E-state index is 13.8. The van der Waals surface area contributed by atoms with Crippen LogP contribution in [-0.4, -0.2) is 22.8 Å². The third-order valence-corrected chi connectivity index (χ3v) is 5.88. The molecule has 0 aromatic heterocycles. The fourth-order valence-electron chi connectivity index (χ4n) is 4.39. The largest absolute Gasteiger partial charge is 0.352 e.